The van der Waals surface area contributed by atoms with Crippen LogP contribution in [0, 0.1) is 15.5 Å². The Balaban J connectivity index is 2.22. The minimum atomic E-state index is -3.43. The lowest BCUT2D eigenvalue weighted by Crippen LogP contribution is -2.34. The van der Waals surface area contributed by atoms with E-state index in [0.717, 1.165) is 32.1 Å². The molecule has 1 saturated carbocycles. The Morgan fingerprint density at radius 1 is 1.14 bits per heavy atom. The molecule has 21 heavy (non-hydrogen) atoms. The zero-order chi connectivity index (χ0) is 15.5. The van der Waals surface area contributed by atoms with Gasteiger partial charge in [0.2, 0.25) is 0 Å². The van der Waals surface area contributed by atoms with Gasteiger partial charge in [0, 0.05) is 17.5 Å². The zero-order valence-electron chi connectivity index (χ0n) is 11.6. The molecule has 0 unspecified atom stereocenters. The van der Waals surface area contributed by atoms with Gasteiger partial charge in [0.1, 0.15) is 0 Å². The highest BCUT2D eigenvalue weighted by Crippen LogP contribution is 2.40. The molecule has 1 aromatic carbocycles. The summed E-state index contributed by atoms with van der Waals surface area (Å²) in [7, 11) is -3.43. The Labute approximate surface area is 132 Å². The highest BCUT2D eigenvalue weighted by Gasteiger charge is 2.36. The Kier molecular flexibility index (Phi) is 5.03. The minimum absolute atomic E-state index is 0.0955. The number of hydrogen-bond acceptors (Lipinski definition) is 4. The average molecular weight is 376 g/mol. The Hall–Kier alpha value is -0.950. The lowest BCUT2D eigenvalue weighted by Gasteiger charge is -2.35. The van der Waals surface area contributed by atoms with Crippen LogP contribution in [-0.4, -0.2) is 24.4 Å². The van der Waals surface area contributed by atoms with Gasteiger partial charge in [-0.2, -0.15) is 0 Å². The highest BCUT2D eigenvalue weighted by atomic mass is 79.9. The summed E-state index contributed by atoms with van der Waals surface area (Å²) in [6.07, 6.45) is 5.09. The SMILES string of the molecule is O=[N+]([O-])c1ccc(S(=O)(=O)CC2(CBr)CCCCC2)cc1. The standard InChI is InChI=1S/C14H18BrNO4S/c15-10-14(8-2-1-3-9-14)11-21(19,20)13-6-4-12(5-7-13)16(17)18/h4-7H,1-3,8-11H2. The van der Waals surface area contributed by atoms with Crippen LogP contribution in [-0.2, 0) is 9.84 Å². The topological polar surface area (TPSA) is 77.3 Å². The number of benzene rings is 1. The molecule has 0 bridgehead atoms. The van der Waals surface area contributed by atoms with Crippen molar-refractivity contribution in [3.05, 3.63) is 34.4 Å². The number of alkyl halides is 1. The molecule has 1 aliphatic carbocycles. The summed E-state index contributed by atoms with van der Waals surface area (Å²) in [5, 5.41) is 11.3. The van der Waals surface area contributed by atoms with E-state index in [1.807, 2.05) is 0 Å². The third-order valence-corrected chi connectivity index (χ3v) is 7.27. The smallest absolute Gasteiger partial charge is 0.258 e. The second kappa shape index (κ2) is 6.44. The number of nitro benzene ring substituents is 1. The first-order chi connectivity index (χ1) is 9.88. The molecule has 1 aromatic rings. The van der Waals surface area contributed by atoms with Crippen LogP contribution in [0.3, 0.4) is 0 Å². The van der Waals surface area contributed by atoms with E-state index in [-0.39, 0.29) is 21.8 Å². The Bertz CT molecular complexity index is 606. The number of sulfone groups is 1. The van der Waals surface area contributed by atoms with Crippen molar-refractivity contribution in [2.45, 2.75) is 37.0 Å². The predicted molar refractivity (Wildman–Crippen MR) is 84.5 cm³/mol. The Morgan fingerprint density at radius 3 is 2.19 bits per heavy atom. The van der Waals surface area contributed by atoms with Crippen LogP contribution in [0.25, 0.3) is 0 Å². The van der Waals surface area contributed by atoms with E-state index >= 15 is 0 Å². The third kappa shape index (κ3) is 3.83. The van der Waals surface area contributed by atoms with Crippen molar-refractivity contribution in [2.75, 3.05) is 11.1 Å². The lowest BCUT2D eigenvalue weighted by molar-refractivity contribution is -0.384. The van der Waals surface area contributed by atoms with Crippen LogP contribution in [0.2, 0.25) is 0 Å². The van der Waals surface area contributed by atoms with Crippen molar-refractivity contribution >= 4 is 31.5 Å². The van der Waals surface area contributed by atoms with Gasteiger partial charge in [-0.1, -0.05) is 35.2 Å². The summed E-state index contributed by atoms with van der Waals surface area (Å²) in [5.41, 5.74) is -0.305. The first-order valence-corrected chi connectivity index (χ1v) is 9.69. The molecule has 0 radical (unpaired) electrons. The molecule has 0 spiro atoms. The van der Waals surface area contributed by atoms with Crippen molar-refractivity contribution in [3.8, 4) is 0 Å². The number of nitrogens with zero attached hydrogens (tertiary/aromatic N) is 1. The fraction of sp³-hybridized carbons (Fsp3) is 0.571. The monoisotopic (exact) mass is 375 g/mol. The van der Waals surface area contributed by atoms with Crippen LogP contribution in [0.15, 0.2) is 29.2 Å². The van der Waals surface area contributed by atoms with Gasteiger partial charge in [0.05, 0.1) is 15.6 Å². The van der Waals surface area contributed by atoms with Crippen LogP contribution in [0.4, 0.5) is 5.69 Å². The normalized spacial score (nSPS) is 18.3. The van der Waals surface area contributed by atoms with Crippen LogP contribution in [0.5, 0.6) is 0 Å². The molecule has 1 fully saturated rings. The van der Waals surface area contributed by atoms with Crippen molar-refractivity contribution in [2.24, 2.45) is 5.41 Å². The maximum Gasteiger partial charge on any atom is 0.269 e. The number of halogens is 1. The lowest BCUT2D eigenvalue weighted by atomic mass is 9.77. The molecule has 1 aliphatic rings. The molecule has 0 saturated heterocycles. The van der Waals surface area contributed by atoms with Crippen LogP contribution >= 0.6 is 15.9 Å². The second-order valence-electron chi connectivity index (χ2n) is 5.70. The molecule has 0 amide bonds. The molecule has 0 aromatic heterocycles. The molecule has 0 aliphatic heterocycles. The average Bonchev–Trinajstić information content (AvgIpc) is 2.48. The molecule has 5 nitrogen and oxygen atoms in total. The zero-order valence-corrected chi connectivity index (χ0v) is 14.0. The molecular weight excluding hydrogens is 358 g/mol. The summed E-state index contributed by atoms with van der Waals surface area (Å²) in [6.45, 7) is 0. The fourth-order valence-electron chi connectivity index (χ4n) is 2.88. The molecule has 2 rings (SSSR count). The molecule has 116 valence electrons. The largest absolute Gasteiger partial charge is 0.269 e. The van der Waals surface area contributed by atoms with Gasteiger partial charge in [-0.25, -0.2) is 8.42 Å². The van der Waals surface area contributed by atoms with Crippen molar-refractivity contribution in [1.29, 1.82) is 0 Å². The molecule has 0 N–H and O–H groups in total. The first kappa shape index (κ1) is 16.4. The highest BCUT2D eigenvalue weighted by molar-refractivity contribution is 9.09. The van der Waals surface area contributed by atoms with Gasteiger partial charge >= 0.3 is 0 Å². The maximum absolute atomic E-state index is 12.6. The van der Waals surface area contributed by atoms with E-state index in [9.17, 15) is 18.5 Å². The summed E-state index contributed by atoms with van der Waals surface area (Å²) in [6, 6.07) is 5.15. The maximum atomic E-state index is 12.6. The quantitative estimate of drug-likeness (QED) is 0.446. The molecular formula is C14H18BrNO4S. The van der Waals surface area contributed by atoms with E-state index in [4.69, 9.17) is 0 Å². The van der Waals surface area contributed by atoms with E-state index in [2.05, 4.69) is 15.9 Å². The minimum Gasteiger partial charge on any atom is -0.258 e. The predicted octanol–water partition coefficient (Wildman–Crippen LogP) is 3.71. The Morgan fingerprint density at radius 2 is 1.71 bits per heavy atom. The second-order valence-corrected chi connectivity index (χ2v) is 8.25. The van der Waals surface area contributed by atoms with Gasteiger partial charge in [-0.3, -0.25) is 10.1 Å². The fourth-order valence-corrected chi connectivity index (χ4v) is 5.82. The van der Waals surface area contributed by atoms with Gasteiger partial charge < -0.3 is 0 Å². The summed E-state index contributed by atoms with van der Waals surface area (Å²) in [4.78, 5) is 10.3. The first-order valence-electron chi connectivity index (χ1n) is 6.92. The third-order valence-electron chi connectivity index (χ3n) is 4.10. The van der Waals surface area contributed by atoms with Crippen molar-refractivity contribution < 1.29 is 13.3 Å². The van der Waals surface area contributed by atoms with Crippen molar-refractivity contribution in [3.63, 3.8) is 0 Å². The summed E-state index contributed by atoms with van der Waals surface area (Å²) >= 11 is 3.47. The number of hydrogen-bond donors (Lipinski definition) is 0. The van der Waals surface area contributed by atoms with Crippen molar-refractivity contribution in [1.82, 2.24) is 0 Å². The van der Waals surface area contributed by atoms with Crippen LogP contribution < -0.4 is 0 Å². The number of rotatable bonds is 5. The number of non-ortho nitro benzene ring substituents is 1. The van der Waals surface area contributed by atoms with Gasteiger partial charge in [0.15, 0.2) is 9.84 Å². The molecule has 0 atom stereocenters. The molecule has 7 heteroatoms. The van der Waals surface area contributed by atoms with E-state index in [1.54, 1.807) is 0 Å². The number of nitro groups is 1. The van der Waals surface area contributed by atoms with E-state index < -0.39 is 14.8 Å². The van der Waals surface area contributed by atoms with Crippen LogP contribution in [0.1, 0.15) is 32.1 Å². The van der Waals surface area contributed by atoms with E-state index in [1.165, 1.54) is 24.3 Å². The van der Waals surface area contributed by atoms with Gasteiger partial charge in [-0.15, -0.1) is 0 Å². The van der Waals surface area contributed by atoms with Gasteiger partial charge in [-0.05, 0) is 30.4 Å². The summed E-state index contributed by atoms with van der Waals surface area (Å²) in [5.74, 6) is 0.100. The summed E-state index contributed by atoms with van der Waals surface area (Å²) < 4.78 is 25.1. The molecule has 0 heterocycles. The van der Waals surface area contributed by atoms with Gasteiger partial charge in [0.25, 0.3) is 5.69 Å². The van der Waals surface area contributed by atoms with E-state index in [0.29, 0.717) is 5.33 Å².